The summed E-state index contributed by atoms with van der Waals surface area (Å²) in [5.41, 5.74) is 0.968. The fourth-order valence-electron chi connectivity index (χ4n) is 4.02. The van der Waals surface area contributed by atoms with Gasteiger partial charge in [-0.15, -0.1) is 0 Å². The van der Waals surface area contributed by atoms with E-state index < -0.39 is 34.3 Å². The first kappa shape index (κ1) is 32.1. The summed E-state index contributed by atoms with van der Waals surface area (Å²) in [6.45, 7) is 7.16. The second-order valence-electron chi connectivity index (χ2n) is 9.54. The summed E-state index contributed by atoms with van der Waals surface area (Å²) in [5.74, 6) is -0.990. The molecule has 2 amide bonds. The molecule has 0 aliphatic carbocycles. The molecule has 0 aliphatic heterocycles. The Labute approximate surface area is 249 Å². The second kappa shape index (κ2) is 14.5. The summed E-state index contributed by atoms with van der Waals surface area (Å²) in [4.78, 5) is 28.3. The number of carbonyl (C=O) groups is 2. The van der Waals surface area contributed by atoms with Crippen LogP contribution >= 0.6 is 15.9 Å². The fraction of sp³-hybridized carbons (Fsp3) is 0.333. The van der Waals surface area contributed by atoms with Crippen LogP contribution in [-0.4, -0.2) is 50.4 Å². The van der Waals surface area contributed by atoms with Gasteiger partial charge in [-0.2, -0.15) is 0 Å². The molecule has 41 heavy (non-hydrogen) atoms. The van der Waals surface area contributed by atoms with E-state index in [1.54, 1.807) is 19.1 Å². The van der Waals surface area contributed by atoms with Crippen molar-refractivity contribution in [1.29, 1.82) is 0 Å². The van der Waals surface area contributed by atoms with Gasteiger partial charge in [-0.3, -0.25) is 13.9 Å². The second-order valence-corrected chi connectivity index (χ2v) is 12.3. The number of hydrogen-bond acceptors (Lipinski definition) is 5. The third-order valence-corrected chi connectivity index (χ3v) is 8.81. The smallest absolute Gasteiger partial charge is 0.264 e. The number of amides is 2. The normalized spacial score (nSPS) is 12.7. The molecule has 0 saturated carbocycles. The highest BCUT2D eigenvalue weighted by molar-refractivity contribution is 9.10. The monoisotopic (exact) mass is 647 g/mol. The minimum absolute atomic E-state index is 0.0705. The zero-order valence-electron chi connectivity index (χ0n) is 23.5. The third kappa shape index (κ3) is 8.53. The molecule has 0 fully saturated rings. The van der Waals surface area contributed by atoms with E-state index in [0.717, 1.165) is 38.6 Å². The Morgan fingerprint density at radius 2 is 1.66 bits per heavy atom. The first-order valence-corrected chi connectivity index (χ1v) is 15.5. The third-order valence-electron chi connectivity index (χ3n) is 6.53. The van der Waals surface area contributed by atoms with Crippen LogP contribution < -0.4 is 14.4 Å². The summed E-state index contributed by atoms with van der Waals surface area (Å²) in [6.07, 6.45) is 0.708. The van der Waals surface area contributed by atoms with Crippen LogP contribution in [-0.2, 0) is 26.2 Å². The SMILES string of the molecule is CCOc1ccc(N(CC(=O)N(Cc2cccc(Br)c2)C(C)C(=O)NC(C)CC)S(=O)(=O)c2ccc(F)cc2)cc1. The van der Waals surface area contributed by atoms with E-state index in [-0.39, 0.29) is 29.1 Å². The summed E-state index contributed by atoms with van der Waals surface area (Å²) in [6, 6.07) is 17.0. The molecular weight excluding hydrogens is 613 g/mol. The number of sulfonamides is 1. The fourth-order valence-corrected chi connectivity index (χ4v) is 5.88. The molecule has 0 aromatic heterocycles. The molecule has 220 valence electrons. The summed E-state index contributed by atoms with van der Waals surface area (Å²) >= 11 is 3.43. The maximum Gasteiger partial charge on any atom is 0.264 e. The quantitative estimate of drug-likeness (QED) is 0.264. The highest BCUT2D eigenvalue weighted by Gasteiger charge is 2.33. The molecule has 0 heterocycles. The van der Waals surface area contributed by atoms with Crippen molar-refractivity contribution in [3.63, 3.8) is 0 Å². The zero-order chi connectivity index (χ0) is 30.2. The Morgan fingerprint density at radius 1 is 1.00 bits per heavy atom. The first-order chi connectivity index (χ1) is 19.5. The Bertz CT molecular complexity index is 1440. The Kier molecular flexibility index (Phi) is 11.3. The Hall–Kier alpha value is -3.44. The number of anilines is 1. The van der Waals surface area contributed by atoms with Crippen molar-refractivity contribution in [2.45, 2.75) is 57.6 Å². The highest BCUT2D eigenvalue weighted by Crippen LogP contribution is 2.27. The van der Waals surface area contributed by atoms with Gasteiger partial charge in [-0.1, -0.05) is 35.0 Å². The minimum Gasteiger partial charge on any atom is -0.494 e. The molecule has 0 bridgehead atoms. The lowest BCUT2D eigenvalue weighted by molar-refractivity contribution is -0.139. The van der Waals surface area contributed by atoms with Crippen LogP contribution in [0.3, 0.4) is 0 Å². The van der Waals surface area contributed by atoms with E-state index >= 15 is 0 Å². The van der Waals surface area contributed by atoms with Crippen molar-refractivity contribution in [1.82, 2.24) is 10.2 Å². The average Bonchev–Trinajstić information content (AvgIpc) is 2.95. The van der Waals surface area contributed by atoms with Crippen LogP contribution in [0.15, 0.2) is 82.2 Å². The number of hydrogen-bond donors (Lipinski definition) is 1. The number of ether oxygens (including phenoxy) is 1. The van der Waals surface area contributed by atoms with Gasteiger partial charge in [0, 0.05) is 17.1 Å². The van der Waals surface area contributed by atoms with E-state index in [0.29, 0.717) is 18.8 Å². The lowest BCUT2D eigenvalue weighted by atomic mass is 10.1. The highest BCUT2D eigenvalue weighted by atomic mass is 79.9. The summed E-state index contributed by atoms with van der Waals surface area (Å²) < 4.78 is 48.5. The van der Waals surface area contributed by atoms with Crippen molar-refractivity contribution in [3.05, 3.63) is 88.6 Å². The summed E-state index contributed by atoms with van der Waals surface area (Å²) in [7, 11) is -4.30. The molecule has 0 aliphatic rings. The van der Waals surface area contributed by atoms with E-state index in [9.17, 15) is 22.4 Å². The van der Waals surface area contributed by atoms with Crippen molar-refractivity contribution in [2.24, 2.45) is 0 Å². The number of nitrogens with zero attached hydrogens (tertiary/aromatic N) is 2. The average molecular weight is 649 g/mol. The Morgan fingerprint density at radius 3 is 2.24 bits per heavy atom. The van der Waals surface area contributed by atoms with Crippen LogP contribution in [0.2, 0.25) is 0 Å². The van der Waals surface area contributed by atoms with Gasteiger partial charge in [0.2, 0.25) is 11.8 Å². The van der Waals surface area contributed by atoms with E-state index in [1.807, 2.05) is 45.0 Å². The largest absolute Gasteiger partial charge is 0.494 e. The van der Waals surface area contributed by atoms with Crippen molar-refractivity contribution in [2.75, 3.05) is 17.5 Å². The van der Waals surface area contributed by atoms with E-state index in [2.05, 4.69) is 21.2 Å². The van der Waals surface area contributed by atoms with Crippen LogP contribution in [0.1, 0.15) is 39.7 Å². The van der Waals surface area contributed by atoms with Crippen LogP contribution in [0.5, 0.6) is 5.75 Å². The molecule has 3 aromatic carbocycles. The molecule has 0 spiro atoms. The van der Waals surface area contributed by atoms with E-state index in [1.165, 1.54) is 17.0 Å². The molecule has 8 nitrogen and oxygen atoms in total. The summed E-state index contributed by atoms with van der Waals surface area (Å²) in [5, 5.41) is 2.90. The number of halogens is 2. The van der Waals surface area contributed by atoms with Gasteiger partial charge in [0.25, 0.3) is 10.0 Å². The molecule has 0 radical (unpaired) electrons. The predicted molar refractivity (Wildman–Crippen MR) is 161 cm³/mol. The molecule has 3 rings (SSSR count). The van der Waals surface area contributed by atoms with Gasteiger partial charge in [0.1, 0.15) is 24.2 Å². The molecule has 0 saturated heterocycles. The van der Waals surface area contributed by atoms with Crippen molar-refractivity contribution < 1.29 is 27.1 Å². The maximum atomic E-state index is 14.0. The van der Waals surface area contributed by atoms with Gasteiger partial charge >= 0.3 is 0 Å². The lowest BCUT2D eigenvalue weighted by Gasteiger charge is -2.32. The predicted octanol–water partition coefficient (Wildman–Crippen LogP) is 5.51. The van der Waals surface area contributed by atoms with Gasteiger partial charge in [0.15, 0.2) is 0 Å². The lowest BCUT2D eigenvalue weighted by Crippen LogP contribution is -2.52. The van der Waals surface area contributed by atoms with Gasteiger partial charge in [-0.25, -0.2) is 12.8 Å². The molecule has 2 atom stereocenters. The van der Waals surface area contributed by atoms with Gasteiger partial charge in [0.05, 0.1) is 17.2 Å². The number of rotatable bonds is 13. The van der Waals surface area contributed by atoms with Crippen LogP contribution in [0.25, 0.3) is 0 Å². The molecular formula is C30H35BrFN3O5S. The van der Waals surface area contributed by atoms with Gasteiger partial charge in [-0.05, 0) is 93.4 Å². The standard InChI is InChI=1S/C30H35BrFN3O5S/c1-5-21(3)33-30(37)22(4)34(19-23-8-7-9-24(31)18-23)29(36)20-35(26-12-14-27(15-13-26)40-6-2)41(38,39)28-16-10-25(32)11-17-28/h7-18,21-22H,5-6,19-20H2,1-4H3,(H,33,37). The van der Waals surface area contributed by atoms with E-state index in [4.69, 9.17) is 4.74 Å². The minimum atomic E-state index is -4.30. The Balaban J connectivity index is 2.03. The first-order valence-electron chi connectivity index (χ1n) is 13.3. The van der Waals surface area contributed by atoms with Crippen LogP contribution in [0.4, 0.5) is 10.1 Å². The molecule has 1 N–H and O–H groups in total. The number of nitrogens with one attached hydrogen (secondary N) is 1. The zero-order valence-corrected chi connectivity index (χ0v) is 25.9. The number of benzene rings is 3. The van der Waals surface area contributed by atoms with Gasteiger partial charge < -0.3 is 15.0 Å². The topological polar surface area (TPSA) is 96.0 Å². The number of carbonyl (C=O) groups excluding carboxylic acids is 2. The molecule has 2 unspecified atom stereocenters. The van der Waals surface area contributed by atoms with Crippen LogP contribution in [0, 0.1) is 5.82 Å². The molecule has 11 heteroatoms. The van der Waals surface area contributed by atoms with Crippen molar-refractivity contribution in [3.8, 4) is 5.75 Å². The maximum absolute atomic E-state index is 14.0. The van der Waals surface area contributed by atoms with Crippen molar-refractivity contribution >= 4 is 43.5 Å². The molecule has 3 aromatic rings.